The fourth-order valence-corrected chi connectivity index (χ4v) is 4.31. The molecule has 4 aromatic rings. The summed E-state index contributed by atoms with van der Waals surface area (Å²) in [5.74, 6) is -0.0693. The van der Waals surface area contributed by atoms with Gasteiger partial charge in [0.25, 0.3) is 0 Å². The summed E-state index contributed by atoms with van der Waals surface area (Å²) in [6.45, 7) is 2.14. The number of nitrogens with one attached hydrogen (secondary N) is 1. The maximum atomic E-state index is 12.4. The summed E-state index contributed by atoms with van der Waals surface area (Å²) in [4.78, 5) is 21.3. The molecule has 0 aliphatic rings. The van der Waals surface area contributed by atoms with Crippen LogP contribution in [0.3, 0.4) is 0 Å². The number of amides is 1. The van der Waals surface area contributed by atoms with Crippen molar-refractivity contribution < 1.29 is 4.79 Å². The number of benzene rings is 2. The highest BCUT2D eigenvalue weighted by Gasteiger charge is 2.10. The summed E-state index contributed by atoms with van der Waals surface area (Å²) in [6, 6.07) is 16.2. The van der Waals surface area contributed by atoms with Crippen molar-refractivity contribution in [2.24, 2.45) is 0 Å². The SMILES string of the molecule is CCc1ccc(-c2nc(CC(=O)Nc3ccc(-c4nccs4)cc3)cs2)cc1. The minimum absolute atomic E-state index is 0.0693. The largest absolute Gasteiger partial charge is 0.326 e. The van der Waals surface area contributed by atoms with Gasteiger partial charge in [-0.1, -0.05) is 31.2 Å². The Hall–Kier alpha value is -2.83. The van der Waals surface area contributed by atoms with Crippen molar-refractivity contribution in [2.45, 2.75) is 19.8 Å². The van der Waals surface area contributed by atoms with Crippen LogP contribution in [0.2, 0.25) is 0 Å². The highest BCUT2D eigenvalue weighted by atomic mass is 32.1. The van der Waals surface area contributed by atoms with Crippen molar-refractivity contribution >= 4 is 34.3 Å². The molecule has 4 nitrogen and oxygen atoms in total. The predicted molar refractivity (Wildman–Crippen MR) is 117 cm³/mol. The van der Waals surface area contributed by atoms with E-state index in [1.807, 2.05) is 35.0 Å². The van der Waals surface area contributed by atoms with Gasteiger partial charge in [0, 0.05) is 33.8 Å². The van der Waals surface area contributed by atoms with E-state index in [0.29, 0.717) is 0 Å². The van der Waals surface area contributed by atoms with Crippen molar-refractivity contribution in [3.05, 3.63) is 76.7 Å². The Morgan fingerprint density at radius 2 is 1.68 bits per heavy atom. The zero-order valence-corrected chi connectivity index (χ0v) is 17.0. The van der Waals surface area contributed by atoms with Crippen molar-refractivity contribution in [2.75, 3.05) is 5.32 Å². The van der Waals surface area contributed by atoms with E-state index in [0.717, 1.165) is 38.9 Å². The number of aromatic nitrogens is 2. The number of hydrogen-bond acceptors (Lipinski definition) is 5. The lowest BCUT2D eigenvalue weighted by Gasteiger charge is -2.05. The molecule has 2 heterocycles. The molecule has 2 aromatic heterocycles. The first-order chi connectivity index (χ1) is 13.7. The van der Waals surface area contributed by atoms with Gasteiger partial charge in [-0.05, 0) is 36.2 Å². The molecule has 0 unspecified atom stereocenters. The normalized spacial score (nSPS) is 10.8. The topological polar surface area (TPSA) is 54.9 Å². The zero-order valence-electron chi connectivity index (χ0n) is 15.4. The molecule has 2 aromatic carbocycles. The number of aryl methyl sites for hydroxylation is 1. The number of hydrogen-bond donors (Lipinski definition) is 1. The van der Waals surface area contributed by atoms with Gasteiger partial charge in [0.05, 0.1) is 12.1 Å². The molecule has 1 amide bonds. The lowest BCUT2D eigenvalue weighted by molar-refractivity contribution is -0.115. The minimum Gasteiger partial charge on any atom is -0.326 e. The van der Waals surface area contributed by atoms with Crippen molar-refractivity contribution in [3.8, 4) is 21.1 Å². The third kappa shape index (κ3) is 4.35. The van der Waals surface area contributed by atoms with Crippen LogP contribution in [-0.2, 0) is 17.6 Å². The molecule has 1 N–H and O–H groups in total. The number of anilines is 1. The zero-order chi connectivity index (χ0) is 19.3. The minimum atomic E-state index is -0.0693. The second-order valence-corrected chi connectivity index (χ2v) is 8.09. The quantitative estimate of drug-likeness (QED) is 0.449. The molecule has 0 saturated carbocycles. The van der Waals surface area contributed by atoms with Crippen LogP contribution in [0.15, 0.2) is 65.5 Å². The summed E-state index contributed by atoms with van der Waals surface area (Å²) in [5, 5.41) is 8.75. The monoisotopic (exact) mass is 405 g/mol. The molecule has 0 bridgehead atoms. The molecule has 0 spiro atoms. The molecule has 0 aliphatic heterocycles. The molecular weight excluding hydrogens is 386 g/mol. The molecule has 0 fully saturated rings. The first-order valence-electron chi connectivity index (χ1n) is 9.05. The van der Waals surface area contributed by atoms with Gasteiger partial charge < -0.3 is 5.32 Å². The molecule has 4 rings (SSSR count). The van der Waals surface area contributed by atoms with Gasteiger partial charge in [0.1, 0.15) is 10.0 Å². The molecule has 6 heteroatoms. The summed E-state index contributed by atoms with van der Waals surface area (Å²) >= 11 is 3.16. The van der Waals surface area contributed by atoms with Gasteiger partial charge in [0.2, 0.25) is 5.91 Å². The Bertz CT molecular complexity index is 1050. The molecule has 0 aliphatic carbocycles. The Morgan fingerprint density at radius 1 is 0.964 bits per heavy atom. The first kappa shape index (κ1) is 18.5. The molecule has 28 heavy (non-hydrogen) atoms. The van der Waals surface area contributed by atoms with Gasteiger partial charge in [-0.15, -0.1) is 22.7 Å². The first-order valence-corrected chi connectivity index (χ1v) is 10.8. The number of carbonyl (C=O) groups excluding carboxylic acids is 1. The number of nitrogens with zero attached hydrogens (tertiary/aromatic N) is 2. The van der Waals surface area contributed by atoms with Crippen LogP contribution in [0.4, 0.5) is 5.69 Å². The molecule has 0 saturated heterocycles. The lowest BCUT2D eigenvalue weighted by Crippen LogP contribution is -2.14. The summed E-state index contributed by atoms with van der Waals surface area (Å²) in [5.41, 5.74) is 5.01. The fourth-order valence-electron chi connectivity index (χ4n) is 2.84. The van der Waals surface area contributed by atoms with Crippen LogP contribution in [-0.4, -0.2) is 15.9 Å². The maximum absolute atomic E-state index is 12.4. The Kier molecular flexibility index (Phi) is 5.60. The lowest BCUT2D eigenvalue weighted by atomic mass is 10.1. The van der Waals surface area contributed by atoms with Crippen LogP contribution in [0.25, 0.3) is 21.1 Å². The van der Waals surface area contributed by atoms with Crippen molar-refractivity contribution in [1.82, 2.24) is 9.97 Å². The molecule has 140 valence electrons. The second kappa shape index (κ2) is 8.46. The van der Waals surface area contributed by atoms with E-state index in [1.165, 1.54) is 5.56 Å². The van der Waals surface area contributed by atoms with Crippen LogP contribution in [0.5, 0.6) is 0 Å². The van der Waals surface area contributed by atoms with Gasteiger partial charge >= 0.3 is 0 Å². The Morgan fingerprint density at radius 3 is 2.36 bits per heavy atom. The van der Waals surface area contributed by atoms with Gasteiger partial charge in [0.15, 0.2) is 0 Å². The second-order valence-electron chi connectivity index (χ2n) is 6.33. The van der Waals surface area contributed by atoms with Crippen LogP contribution >= 0.6 is 22.7 Å². The predicted octanol–water partition coefficient (Wildman–Crippen LogP) is 5.68. The maximum Gasteiger partial charge on any atom is 0.230 e. The van der Waals surface area contributed by atoms with Crippen LogP contribution in [0, 0.1) is 0 Å². The third-order valence-corrected chi connectivity index (χ3v) is 6.11. The van der Waals surface area contributed by atoms with E-state index in [4.69, 9.17) is 0 Å². The van der Waals surface area contributed by atoms with Crippen molar-refractivity contribution in [3.63, 3.8) is 0 Å². The number of thiazole rings is 2. The number of rotatable bonds is 6. The highest BCUT2D eigenvalue weighted by molar-refractivity contribution is 7.13. The average molecular weight is 406 g/mol. The molecule has 0 radical (unpaired) electrons. The van der Waals surface area contributed by atoms with Gasteiger partial charge in [-0.3, -0.25) is 4.79 Å². The molecule has 0 atom stereocenters. The van der Waals surface area contributed by atoms with E-state index in [9.17, 15) is 4.79 Å². The third-order valence-electron chi connectivity index (χ3n) is 4.35. The summed E-state index contributed by atoms with van der Waals surface area (Å²) in [6.07, 6.45) is 3.07. The van der Waals surface area contributed by atoms with Crippen LogP contribution < -0.4 is 5.32 Å². The van der Waals surface area contributed by atoms with Crippen LogP contribution in [0.1, 0.15) is 18.2 Å². The summed E-state index contributed by atoms with van der Waals surface area (Å²) in [7, 11) is 0. The average Bonchev–Trinajstić information content (AvgIpc) is 3.41. The van der Waals surface area contributed by atoms with Gasteiger partial charge in [-0.2, -0.15) is 0 Å². The Labute approximate surface area is 171 Å². The van der Waals surface area contributed by atoms with E-state index in [-0.39, 0.29) is 12.3 Å². The standard InChI is InChI=1S/C22H19N3OS2/c1-2-15-3-5-17(6-4-15)22-25-19(14-28-22)13-20(26)24-18-9-7-16(8-10-18)21-23-11-12-27-21/h3-12,14H,2,13H2,1H3,(H,24,26). The van der Waals surface area contributed by atoms with Crippen molar-refractivity contribution in [1.29, 1.82) is 0 Å². The number of carbonyl (C=O) groups is 1. The van der Waals surface area contributed by atoms with E-state index < -0.39 is 0 Å². The van der Waals surface area contributed by atoms with E-state index >= 15 is 0 Å². The smallest absolute Gasteiger partial charge is 0.230 e. The fraction of sp³-hybridized carbons (Fsp3) is 0.136. The van der Waals surface area contributed by atoms with Gasteiger partial charge in [-0.25, -0.2) is 9.97 Å². The Balaban J connectivity index is 1.38. The molecular formula is C22H19N3OS2. The summed E-state index contributed by atoms with van der Waals surface area (Å²) < 4.78 is 0. The van der Waals surface area contributed by atoms with E-state index in [2.05, 4.69) is 46.5 Å². The van der Waals surface area contributed by atoms with E-state index in [1.54, 1.807) is 28.9 Å². The highest BCUT2D eigenvalue weighted by Crippen LogP contribution is 2.25.